The molecule has 8 heteroatoms. The molecule has 4 rings (SSSR count). The van der Waals surface area contributed by atoms with Crippen molar-refractivity contribution in [3.8, 4) is 5.88 Å². The number of halogens is 2. The number of ether oxygens (including phenoxy) is 2. The first-order valence-electron chi connectivity index (χ1n) is 12.4. The van der Waals surface area contributed by atoms with E-state index in [1.165, 1.54) is 6.07 Å². The second kappa shape index (κ2) is 12.8. The lowest BCUT2D eigenvalue weighted by Gasteiger charge is -2.31. The minimum atomic E-state index is -0.383. The number of rotatable bonds is 10. The van der Waals surface area contributed by atoms with Crippen LogP contribution >= 0.6 is 11.6 Å². The summed E-state index contributed by atoms with van der Waals surface area (Å²) in [4.78, 5) is 23.2. The molecule has 0 spiro atoms. The molecule has 36 heavy (non-hydrogen) atoms. The van der Waals surface area contributed by atoms with Crippen LogP contribution in [0.2, 0.25) is 5.02 Å². The van der Waals surface area contributed by atoms with Gasteiger partial charge in [-0.3, -0.25) is 14.7 Å². The Bertz CT molecular complexity index is 1150. The van der Waals surface area contributed by atoms with Gasteiger partial charge in [-0.05, 0) is 69.1 Å². The average Bonchev–Trinajstić information content (AvgIpc) is 2.89. The van der Waals surface area contributed by atoms with Crippen molar-refractivity contribution in [2.75, 3.05) is 19.7 Å². The summed E-state index contributed by atoms with van der Waals surface area (Å²) in [6, 6.07) is 14.4. The highest BCUT2D eigenvalue weighted by atomic mass is 35.5. The number of esters is 1. The van der Waals surface area contributed by atoms with Crippen LogP contribution in [0.15, 0.2) is 54.7 Å². The van der Waals surface area contributed by atoms with E-state index in [1.54, 1.807) is 18.2 Å². The van der Waals surface area contributed by atoms with Crippen LogP contribution in [-0.2, 0) is 29.1 Å². The molecule has 1 aromatic carbocycles. The summed E-state index contributed by atoms with van der Waals surface area (Å²) in [5.41, 5.74) is 3.52. The van der Waals surface area contributed by atoms with Gasteiger partial charge in [0.1, 0.15) is 12.4 Å². The van der Waals surface area contributed by atoms with Gasteiger partial charge >= 0.3 is 5.97 Å². The Morgan fingerprint density at radius 3 is 2.72 bits per heavy atom. The molecule has 2 aromatic heterocycles. The number of pyridine rings is 2. The van der Waals surface area contributed by atoms with Crippen LogP contribution in [0.1, 0.15) is 54.6 Å². The molecular formula is C28H31ClFN3O3. The lowest BCUT2D eigenvalue weighted by Crippen LogP contribution is -2.33. The topological polar surface area (TPSA) is 64.5 Å². The van der Waals surface area contributed by atoms with Crippen LogP contribution in [0.4, 0.5) is 4.39 Å². The van der Waals surface area contributed by atoms with Gasteiger partial charge in [-0.15, -0.1) is 0 Å². The van der Waals surface area contributed by atoms with Crippen LogP contribution in [0.3, 0.4) is 0 Å². The van der Waals surface area contributed by atoms with Crippen molar-refractivity contribution in [3.63, 3.8) is 0 Å². The quantitative estimate of drug-likeness (QED) is 0.324. The number of benzene rings is 1. The van der Waals surface area contributed by atoms with E-state index in [4.69, 9.17) is 21.1 Å². The zero-order chi connectivity index (χ0) is 25.3. The summed E-state index contributed by atoms with van der Waals surface area (Å²) in [6.45, 7) is 5.04. The van der Waals surface area contributed by atoms with Gasteiger partial charge in [0.15, 0.2) is 0 Å². The zero-order valence-corrected chi connectivity index (χ0v) is 21.2. The molecule has 1 saturated heterocycles. The molecule has 0 amide bonds. The Morgan fingerprint density at radius 2 is 2.00 bits per heavy atom. The van der Waals surface area contributed by atoms with Gasteiger partial charge in [0, 0.05) is 47.4 Å². The Labute approximate surface area is 216 Å². The zero-order valence-electron chi connectivity index (χ0n) is 20.5. The SMILES string of the molecule is CCOC(=O)CCc1ccc(CN2CCC(c3cccc(OCc4ccc(Cl)cc4F)n3)CC2)nc1. The maximum absolute atomic E-state index is 14.0. The van der Waals surface area contributed by atoms with Crippen molar-refractivity contribution >= 4 is 17.6 Å². The number of aryl methyl sites for hydroxylation is 1. The molecule has 0 aliphatic carbocycles. The largest absolute Gasteiger partial charge is 0.473 e. The number of hydrogen-bond donors (Lipinski definition) is 0. The molecule has 3 heterocycles. The Hall–Kier alpha value is -3.03. The van der Waals surface area contributed by atoms with E-state index in [2.05, 4.69) is 14.9 Å². The van der Waals surface area contributed by atoms with Gasteiger partial charge in [0.05, 0.1) is 12.3 Å². The smallest absolute Gasteiger partial charge is 0.306 e. The first kappa shape index (κ1) is 26.0. The fraction of sp³-hybridized carbons (Fsp3) is 0.393. The van der Waals surface area contributed by atoms with Crippen LogP contribution in [0.5, 0.6) is 5.88 Å². The normalized spacial score (nSPS) is 14.5. The van der Waals surface area contributed by atoms with Crippen molar-refractivity contribution in [2.45, 2.75) is 51.7 Å². The highest BCUT2D eigenvalue weighted by molar-refractivity contribution is 6.30. The first-order valence-corrected chi connectivity index (χ1v) is 12.7. The van der Waals surface area contributed by atoms with E-state index in [-0.39, 0.29) is 18.4 Å². The number of carbonyl (C=O) groups is 1. The Balaban J connectivity index is 1.24. The van der Waals surface area contributed by atoms with Crippen LogP contribution in [0.25, 0.3) is 0 Å². The molecule has 0 bridgehead atoms. The maximum atomic E-state index is 14.0. The number of carbonyl (C=O) groups excluding carboxylic acids is 1. The molecule has 1 aliphatic rings. The van der Waals surface area contributed by atoms with E-state index in [0.29, 0.717) is 41.8 Å². The Morgan fingerprint density at radius 1 is 1.17 bits per heavy atom. The standard InChI is InChI=1S/C28H31ClFN3O3/c1-2-35-28(34)11-7-20-6-10-24(31-17-20)18-33-14-12-21(13-15-33)26-4-3-5-27(32-26)36-19-22-8-9-23(29)16-25(22)30/h3-6,8-10,16-17,21H,2,7,11-15,18-19H2,1H3. The van der Waals surface area contributed by atoms with Gasteiger partial charge in [0.25, 0.3) is 0 Å². The number of nitrogens with zero attached hydrogens (tertiary/aromatic N) is 3. The highest BCUT2D eigenvalue weighted by Gasteiger charge is 2.22. The first-order chi connectivity index (χ1) is 17.5. The predicted molar refractivity (Wildman–Crippen MR) is 136 cm³/mol. The molecule has 190 valence electrons. The minimum Gasteiger partial charge on any atom is -0.473 e. The number of piperidine rings is 1. The molecule has 1 fully saturated rings. The summed E-state index contributed by atoms with van der Waals surface area (Å²) in [6.07, 6.45) is 4.87. The lowest BCUT2D eigenvalue weighted by molar-refractivity contribution is -0.143. The fourth-order valence-corrected chi connectivity index (χ4v) is 4.48. The van der Waals surface area contributed by atoms with E-state index >= 15 is 0 Å². The van der Waals surface area contributed by atoms with Crippen molar-refractivity contribution < 1.29 is 18.7 Å². The van der Waals surface area contributed by atoms with Crippen LogP contribution < -0.4 is 4.74 Å². The van der Waals surface area contributed by atoms with Crippen molar-refractivity contribution in [2.24, 2.45) is 0 Å². The van der Waals surface area contributed by atoms with E-state index in [9.17, 15) is 9.18 Å². The van der Waals surface area contributed by atoms with Gasteiger partial charge in [0.2, 0.25) is 5.88 Å². The summed E-state index contributed by atoms with van der Waals surface area (Å²) < 4.78 is 24.8. The molecular weight excluding hydrogens is 481 g/mol. The van der Waals surface area contributed by atoms with E-state index in [1.807, 2.05) is 37.4 Å². The van der Waals surface area contributed by atoms with Gasteiger partial charge < -0.3 is 9.47 Å². The molecule has 0 unspecified atom stereocenters. The summed E-state index contributed by atoms with van der Waals surface area (Å²) in [7, 11) is 0. The third-order valence-electron chi connectivity index (χ3n) is 6.34. The molecule has 1 aliphatic heterocycles. The van der Waals surface area contributed by atoms with Crippen molar-refractivity contribution in [1.82, 2.24) is 14.9 Å². The number of likely N-dealkylation sites (tertiary alicyclic amines) is 1. The van der Waals surface area contributed by atoms with Gasteiger partial charge in [-0.25, -0.2) is 9.37 Å². The van der Waals surface area contributed by atoms with E-state index < -0.39 is 0 Å². The molecule has 0 radical (unpaired) electrons. The minimum absolute atomic E-state index is 0.104. The maximum Gasteiger partial charge on any atom is 0.306 e. The molecule has 0 saturated carbocycles. The van der Waals surface area contributed by atoms with Gasteiger partial charge in [-0.2, -0.15) is 0 Å². The third kappa shape index (κ3) is 7.48. The molecule has 0 atom stereocenters. The monoisotopic (exact) mass is 511 g/mol. The van der Waals surface area contributed by atoms with E-state index in [0.717, 1.165) is 49.4 Å². The number of aromatic nitrogens is 2. The average molecular weight is 512 g/mol. The summed E-state index contributed by atoms with van der Waals surface area (Å²) in [5.74, 6) is 0.296. The molecule has 3 aromatic rings. The summed E-state index contributed by atoms with van der Waals surface area (Å²) in [5, 5.41) is 0.363. The second-order valence-electron chi connectivity index (χ2n) is 8.94. The lowest BCUT2D eigenvalue weighted by atomic mass is 9.93. The highest BCUT2D eigenvalue weighted by Crippen LogP contribution is 2.28. The Kier molecular flexibility index (Phi) is 9.25. The van der Waals surface area contributed by atoms with Crippen LogP contribution in [-0.4, -0.2) is 40.5 Å². The molecule has 0 N–H and O–H groups in total. The second-order valence-corrected chi connectivity index (χ2v) is 9.37. The van der Waals surface area contributed by atoms with Crippen molar-refractivity contribution in [1.29, 1.82) is 0 Å². The predicted octanol–water partition coefficient (Wildman–Crippen LogP) is 5.72. The third-order valence-corrected chi connectivity index (χ3v) is 6.57. The van der Waals surface area contributed by atoms with Gasteiger partial charge in [-0.1, -0.05) is 29.8 Å². The molecule has 6 nitrogen and oxygen atoms in total. The number of hydrogen-bond acceptors (Lipinski definition) is 6. The fourth-order valence-electron chi connectivity index (χ4n) is 4.32. The summed E-state index contributed by atoms with van der Waals surface area (Å²) >= 11 is 5.82. The van der Waals surface area contributed by atoms with Crippen molar-refractivity contribution in [3.05, 3.63) is 88.1 Å². The van der Waals surface area contributed by atoms with Crippen LogP contribution in [0, 0.1) is 5.82 Å².